The number of nitrogens with zero attached hydrogens (tertiary/aromatic N) is 5. The summed E-state index contributed by atoms with van der Waals surface area (Å²) in [5.41, 5.74) is 7.46. The molecule has 4 N–H and O–H groups in total. The summed E-state index contributed by atoms with van der Waals surface area (Å²) in [4.78, 5) is 41.7. The van der Waals surface area contributed by atoms with Gasteiger partial charge in [-0.15, -0.1) is 0 Å². The van der Waals surface area contributed by atoms with Gasteiger partial charge in [0.15, 0.2) is 0 Å². The van der Waals surface area contributed by atoms with Gasteiger partial charge in [0, 0.05) is 66.7 Å². The Morgan fingerprint density at radius 1 is 0.979 bits per heavy atom. The fourth-order valence-electron chi connectivity index (χ4n) is 8.02. The number of piperidine rings is 1. The number of nitrogens with one attached hydrogen (secondary N) is 1. The number of hydrogen-bond donors (Lipinski definition) is 3. The molecular weight excluding hydrogens is 611 g/mol. The second-order valence-electron chi connectivity index (χ2n) is 15.0. The zero-order valence-electron chi connectivity index (χ0n) is 28.0. The molecule has 4 aliphatic rings. The highest BCUT2D eigenvalue weighted by atomic mass is 32.2. The molecule has 1 aromatic heterocycles. The highest BCUT2D eigenvalue weighted by Crippen LogP contribution is 2.42. The number of anilines is 2. The summed E-state index contributed by atoms with van der Waals surface area (Å²) in [6, 6.07) is 8.52. The van der Waals surface area contributed by atoms with Crippen LogP contribution in [0, 0.1) is 11.3 Å². The maximum Gasteiger partial charge on any atom is 0.306 e. The molecule has 1 amide bonds. The van der Waals surface area contributed by atoms with Gasteiger partial charge in [0.1, 0.15) is 10.8 Å². The number of unbranched alkanes of at least 4 members (excludes halogenated alkanes) is 3. The third-order valence-corrected chi connectivity index (χ3v) is 11.9. The number of benzene rings is 1. The fraction of sp³-hybridized carbons (Fsp3) is 0.667. The van der Waals surface area contributed by atoms with Crippen molar-refractivity contribution < 1.29 is 14.7 Å². The van der Waals surface area contributed by atoms with Crippen molar-refractivity contribution in [2.45, 2.75) is 105 Å². The van der Waals surface area contributed by atoms with Gasteiger partial charge in [-0.05, 0) is 96.0 Å². The van der Waals surface area contributed by atoms with Crippen LogP contribution < -0.4 is 16.0 Å². The van der Waals surface area contributed by atoms with Crippen LogP contribution in [0.4, 0.5) is 11.5 Å². The van der Waals surface area contributed by atoms with E-state index in [4.69, 9.17) is 5.73 Å². The van der Waals surface area contributed by atoms with Crippen LogP contribution in [0.5, 0.6) is 0 Å². The monoisotopic (exact) mass is 663 g/mol. The molecule has 0 unspecified atom stereocenters. The number of carbonyl (C=O) groups is 2. The van der Waals surface area contributed by atoms with Crippen molar-refractivity contribution >= 4 is 35.1 Å². The summed E-state index contributed by atoms with van der Waals surface area (Å²) in [7, 11) is 0. The second kappa shape index (κ2) is 15.2. The Labute approximate surface area is 284 Å². The van der Waals surface area contributed by atoms with Crippen molar-refractivity contribution in [3.63, 3.8) is 0 Å². The molecule has 1 aliphatic carbocycles. The van der Waals surface area contributed by atoms with Crippen LogP contribution in [-0.2, 0) is 9.59 Å². The molecule has 4 fully saturated rings. The smallest absolute Gasteiger partial charge is 0.306 e. The third kappa shape index (κ3) is 9.25. The van der Waals surface area contributed by atoms with E-state index in [1.165, 1.54) is 39.0 Å². The molecule has 1 aromatic carbocycles. The minimum absolute atomic E-state index is 0.0679. The Morgan fingerprint density at radius 2 is 1.74 bits per heavy atom. The summed E-state index contributed by atoms with van der Waals surface area (Å²) in [5, 5.41) is 13.2. The molecule has 6 rings (SSSR count). The van der Waals surface area contributed by atoms with Crippen molar-refractivity contribution in [3.05, 3.63) is 36.7 Å². The topological polar surface area (TPSA) is 128 Å². The number of amides is 1. The van der Waals surface area contributed by atoms with Crippen LogP contribution in [0.1, 0.15) is 84.0 Å². The lowest BCUT2D eigenvalue weighted by molar-refractivity contribution is -0.143. The number of hydrogen-bond acceptors (Lipinski definition) is 9. The summed E-state index contributed by atoms with van der Waals surface area (Å²) in [5.74, 6) is 0.224. The van der Waals surface area contributed by atoms with Crippen LogP contribution in [0.15, 0.2) is 46.6 Å². The van der Waals surface area contributed by atoms with E-state index in [-0.39, 0.29) is 17.4 Å². The van der Waals surface area contributed by atoms with Crippen LogP contribution in [0.3, 0.4) is 0 Å². The third-order valence-electron chi connectivity index (χ3n) is 11.0. The summed E-state index contributed by atoms with van der Waals surface area (Å²) in [6.07, 6.45) is 15.5. The van der Waals surface area contributed by atoms with E-state index in [0.29, 0.717) is 17.9 Å². The molecule has 256 valence electrons. The maximum atomic E-state index is 12.6. The van der Waals surface area contributed by atoms with Crippen LogP contribution in [0.2, 0.25) is 0 Å². The lowest BCUT2D eigenvalue weighted by atomic mass is 9.78. The van der Waals surface area contributed by atoms with Crippen LogP contribution in [-0.4, -0.2) is 94.1 Å². The molecule has 0 atom stereocenters. The molecule has 3 aliphatic heterocycles. The van der Waals surface area contributed by atoms with Crippen molar-refractivity contribution in [2.24, 2.45) is 17.1 Å². The largest absolute Gasteiger partial charge is 0.481 e. The zero-order valence-corrected chi connectivity index (χ0v) is 28.9. The quantitative estimate of drug-likeness (QED) is 0.237. The average Bonchev–Trinajstić information content (AvgIpc) is 3.49. The Kier molecular flexibility index (Phi) is 11.1. The number of likely N-dealkylation sites (tertiary alicyclic amines) is 2. The Balaban J connectivity index is 0.825. The predicted molar refractivity (Wildman–Crippen MR) is 187 cm³/mol. The van der Waals surface area contributed by atoms with E-state index in [0.717, 1.165) is 98.8 Å². The highest BCUT2D eigenvalue weighted by molar-refractivity contribution is 7.99. The molecule has 4 heterocycles. The fourth-order valence-corrected chi connectivity index (χ4v) is 8.80. The van der Waals surface area contributed by atoms with Crippen molar-refractivity contribution in [3.8, 4) is 0 Å². The van der Waals surface area contributed by atoms with E-state index in [1.807, 2.05) is 36.7 Å². The Hall–Kier alpha value is -2.73. The van der Waals surface area contributed by atoms with E-state index >= 15 is 0 Å². The second-order valence-corrected chi connectivity index (χ2v) is 16.1. The van der Waals surface area contributed by atoms with Gasteiger partial charge in [-0.25, -0.2) is 9.97 Å². The first-order chi connectivity index (χ1) is 22.7. The molecule has 11 heteroatoms. The Morgan fingerprint density at radius 3 is 2.47 bits per heavy atom. The first kappa shape index (κ1) is 34.1. The van der Waals surface area contributed by atoms with Gasteiger partial charge < -0.3 is 26.0 Å². The highest BCUT2D eigenvalue weighted by Gasteiger charge is 2.48. The van der Waals surface area contributed by atoms with Crippen LogP contribution >= 0.6 is 11.8 Å². The maximum absolute atomic E-state index is 12.6. The van der Waals surface area contributed by atoms with E-state index in [1.54, 1.807) is 11.8 Å². The number of rotatable bonds is 13. The van der Waals surface area contributed by atoms with Crippen molar-refractivity contribution in [1.29, 1.82) is 0 Å². The van der Waals surface area contributed by atoms with Gasteiger partial charge in [-0.3, -0.25) is 14.5 Å². The molecule has 10 nitrogen and oxygen atoms in total. The summed E-state index contributed by atoms with van der Waals surface area (Å²) < 4.78 is 0. The number of nitrogens with two attached hydrogens (primary N) is 1. The van der Waals surface area contributed by atoms with Crippen molar-refractivity contribution in [1.82, 2.24) is 19.8 Å². The molecular formula is C36H53N7O3S. The zero-order chi connectivity index (χ0) is 32.9. The number of aromatic nitrogens is 2. The van der Waals surface area contributed by atoms with Gasteiger partial charge in [0.25, 0.3) is 0 Å². The van der Waals surface area contributed by atoms with E-state index < -0.39 is 5.97 Å². The summed E-state index contributed by atoms with van der Waals surface area (Å²) in [6.45, 7) is 9.85. The van der Waals surface area contributed by atoms with Crippen molar-refractivity contribution in [2.75, 3.05) is 56.0 Å². The minimum Gasteiger partial charge on any atom is -0.481 e. The SMILES string of the molecule is CC1(N)CCN(c2cnc(Sc3cccc(NC(=O)CCCCCCN4CC5(CCN(C6CCC(C(=O)O)CC6)C5)C4)c3)cn2)CC1. The number of carboxylic acid groups (broad SMARTS) is 1. The number of aliphatic carboxylic acids is 1. The lowest BCUT2D eigenvalue weighted by Gasteiger charge is -2.49. The van der Waals surface area contributed by atoms with Gasteiger partial charge in [0.2, 0.25) is 5.91 Å². The average molecular weight is 664 g/mol. The molecule has 1 spiro atoms. The van der Waals surface area contributed by atoms with Gasteiger partial charge >= 0.3 is 5.97 Å². The standard InChI is InChI=1S/C36H53N7O3S/c1-35(37)14-18-42(19-15-35)31-22-39-33(23-38-31)47-30-8-6-7-28(21-30)40-32(44)9-4-2-3-5-17-41-24-36(25-41)16-20-43(26-36)29-12-10-27(11-13-29)34(45)46/h6-8,21-23,27,29H,2-5,9-20,24-26,37H2,1H3,(H,40,44)(H,45,46). The molecule has 47 heavy (non-hydrogen) atoms. The molecule has 1 saturated carbocycles. The number of carboxylic acids is 1. The molecule has 0 radical (unpaired) electrons. The van der Waals surface area contributed by atoms with E-state index in [9.17, 15) is 14.7 Å². The minimum atomic E-state index is -0.612. The van der Waals surface area contributed by atoms with Gasteiger partial charge in [0.05, 0.1) is 18.3 Å². The van der Waals surface area contributed by atoms with Gasteiger partial charge in [-0.2, -0.15) is 0 Å². The molecule has 2 aromatic rings. The molecule has 0 bridgehead atoms. The number of carbonyl (C=O) groups excluding carboxylic acids is 1. The first-order valence-electron chi connectivity index (χ1n) is 17.8. The van der Waals surface area contributed by atoms with Gasteiger partial charge in [-0.1, -0.05) is 30.7 Å². The summed E-state index contributed by atoms with van der Waals surface area (Å²) >= 11 is 1.55. The lowest BCUT2D eigenvalue weighted by Crippen LogP contribution is -2.58. The molecule has 3 saturated heterocycles. The van der Waals surface area contributed by atoms with E-state index in [2.05, 4.69) is 36.9 Å². The first-order valence-corrected chi connectivity index (χ1v) is 18.6. The predicted octanol–water partition coefficient (Wildman–Crippen LogP) is 5.49. The normalized spacial score (nSPS) is 24.3. The Bertz CT molecular complexity index is 1350. The van der Waals surface area contributed by atoms with Crippen LogP contribution in [0.25, 0.3) is 0 Å².